The van der Waals surface area contributed by atoms with E-state index in [1.807, 2.05) is 0 Å². The fourth-order valence-corrected chi connectivity index (χ4v) is 6.39. The first-order valence-electron chi connectivity index (χ1n) is 14.5. The van der Waals surface area contributed by atoms with Gasteiger partial charge in [-0.3, -0.25) is 23.0 Å². The predicted molar refractivity (Wildman–Crippen MR) is 177 cm³/mol. The summed E-state index contributed by atoms with van der Waals surface area (Å²) < 4.78 is 70.2. The Balaban J connectivity index is 1.65. The summed E-state index contributed by atoms with van der Waals surface area (Å²) in [7, 11) is -2.37. The summed E-state index contributed by atoms with van der Waals surface area (Å²) in [5, 5.41) is 0.453. The SMILES string of the molecule is C=S(=O)(O)N(CCCF)c1cc2oc(-c3ccc(F)cc3)c(C(=O)CC)c2cc1-c1ccc(OC)c(-c2cc3ncccc3o2)c1. The summed E-state index contributed by atoms with van der Waals surface area (Å²) in [6.07, 6.45) is 1.79. The molecule has 0 bridgehead atoms. The monoisotopic (exact) mass is 644 g/mol. The first kappa shape index (κ1) is 31.0. The number of benzene rings is 3. The first-order chi connectivity index (χ1) is 22.1. The van der Waals surface area contributed by atoms with Crippen molar-refractivity contribution in [1.82, 2.24) is 4.98 Å². The number of hydrogen-bond acceptors (Lipinski definition) is 6. The Labute approximate surface area is 264 Å². The summed E-state index contributed by atoms with van der Waals surface area (Å²) in [5.74, 6) is 4.05. The molecule has 0 radical (unpaired) electrons. The lowest BCUT2D eigenvalue weighted by Gasteiger charge is -2.27. The average molecular weight is 645 g/mol. The number of halogens is 2. The number of carbonyl (C=O) groups excluding carboxylic acids is 1. The average Bonchev–Trinajstić information content (AvgIpc) is 3.65. The van der Waals surface area contributed by atoms with Gasteiger partial charge in [0.15, 0.2) is 21.4 Å². The van der Waals surface area contributed by atoms with Crippen molar-refractivity contribution in [3.63, 3.8) is 0 Å². The molecular weight excluding hydrogens is 614 g/mol. The van der Waals surface area contributed by atoms with Crippen molar-refractivity contribution in [3.8, 4) is 39.5 Å². The molecule has 0 saturated heterocycles. The molecule has 0 fully saturated rings. The van der Waals surface area contributed by atoms with Gasteiger partial charge >= 0.3 is 0 Å². The van der Waals surface area contributed by atoms with Gasteiger partial charge in [-0.15, -0.1) is 0 Å². The minimum absolute atomic E-state index is 0.0387. The molecule has 3 aromatic carbocycles. The van der Waals surface area contributed by atoms with Gasteiger partial charge in [0.05, 0.1) is 30.6 Å². The number of ether oxygens (including phenoxy) is 1. The molecule has 0 spiro atoms. The van der Waals surface area contributed by atoms with Crippen LogP contribution in [0.25, 0.3) is 55.8 Å². The number of rotatable bonds is 11. The highest BCUT2D eigenvalue weighted by Gasteiger charge is 2.27. The number of methoxy groups -OCH3 is 1. The molecule has 0 amide bonds. The Morgan fingerprint density at radius 1 is 1.02 bits per heavy atom. The molecule has 3 heterocycles. The van der Waals surface area contributed by atoms with Crippen molar-refractivity contribution in [2.45, 2.75) is 19.8 Å². The molecule has 0 aliphatic rings. The van der Waals surface area contributed by atoms with E-state index < -0.39 is 22.5 Å². The second kappa shape index (κ2) is 12.4. The van der Waals surface area contributed by atoms with Crippen molar-refractivity contribution in [3.05, 3.63) is 90.4 Å². The fraction of sp³-hybridized carbons (Fsp3) is 0.171. The quantitative estimate of drug-likeness (QED) is 0.111. The summed E-state index contributed by atoms with van der Waals surface area (Å²) in [6, 6.07) is 19.5. The maximum atomic E-state index is 13.8. The molecule has 0 aliphatic heterocycles. The van der Waals surface area contributed by atoms with Crippen molar-refractivity contribution >= 4 is 49.4 Å². The third-order valence-electron chi connectivity index (χ3n) is 7.68. The highest BCUT2D eigenvalue weighted by Crippen LogP contribution is 2.44. The van der Waals surface area contributed by atoms with E-state index in [4.69, 9.17) is 13.6 Å². The van der Waals surface area contributed by atoms with Crippen LogP contribution in [0.1, 0.15) is 30.1 Å². The standard InChI is InChI=1S/C35H30F2N2O6S/c1-4-29(40)34-26-18-24(22-10-13-30(43-2)25(17-22)32-19-27-31(44-32)7-5-15-38-27)28(39(16-6-14-36)46(3,41)42)20-33(26)45-35(34)21-8-11-23(37)12-9-21/h5,7-13,15,17-20H,3-4,6,14,16H2,1-2H3,(H,41,42). The zero-order valence-corrected chi connectivity index (χ0v) is 25.9. The molecular formula is C35H30F2N2O6S. The van der Waals surface area contributed by atoms with Crippen LogP contribution in [0.3, 0.4) is 0 Å². The lowest BCUT2D eigenvalue weighted by molar-refractivity contribution is 0.0989. The highest BCUT2D eigenvalue weighted by atomic mass is 32.2. The largest absolute Gasteiger partial charge is 0.496 e. The van der Waals surface area contributed by atoms with Crippen molar-refractivity contribution < 1.29 is 35.9 Å². The van der Waals surface area contributed by atoms with Gasteiger partial charge in [-0.05, 0) is 72.5 Å². The van der Waals surface area contributed by atoms with E-state index in [2.05, 4.69) is 10.9 Å². The van der Waals surface area contributed by atoms with Crippen LogP contribution in [0.5, 0.6) is 5.75 Å². The Morgan fingerprint density at radius 3 is 2.46 bits per heavy atom. The van der Waals surface area contributed by atoms with Gasteiger partial charge < -0.3 is 13.6 Å². The zero-order chi connectivity index (χ0) is 32.6. The summed E-state index contributed by atoms with van der Waals surface area (Å²) in [4.78, 5) is 17.8. The van der Waals surface area contributed by atoms with Crippen LogP contribution in [-0.2, 0) is 9.99 Å². The molecule has 6 aromatic rings. The van der Waals surface area contributed by atoms with Crippen LogP contribution >= 0.6 is 0 Å². The van der Waals surface area contributed by atoms with Gasteiger partial charge in [-0.1, -0.05) is 13.0 Å². The minimum atomic E-state index is -3.90. The lowest BCUT2D eigenvalue weighted by Crippen LogP contribution is -2.31. The summed E-state index contributed by atoms with van der Waals surface area (Å²) in [6.45, 7) is 0.880. The fourth-order valence-electron chi connectivity index (χ4n) is 5.52. The number of pyridine rings is 1. The van der Waals surface area contributed by atoms with Crippen LogP contribution in [0.15, 0.2) is 87.8 Å². The number of alkyl halides is 1. The topological polar surface area (TPSA) is 106 Å². The van der Waals surface area contributed by atoms with E-state index >= 15 is 0 Å². The zero-order valence-electron chi connectivity index (χ0n) is 25.1. The van der Waals surface area contributed by atoms with Crippen molar-refractivity contribution in [2.75, 3.05) is 24.6 Å². The molecule has 236 valence electrons. The van der Waals surface area contributed by atoms with E-state index in [-0.39, 0.29) is 42.2 Å². The van der Waals surface area contributed by atoms with Gasteiger partial charge in [-0.25, -0.2) is 8.60 Å². The minimum Gasteiger partial charge on any atom is -0.496 e. The molecule has 1 unspecified atom stereocenters. The maximum Gasteiger partial charge on any atom is 0.167 e. The number of hydrogen-bond donors (Lipinski definition) is 1. The molecule has 1 atom stereocenters. The molecule has 8 nitrogen and oxygen atoms in total. The second-order valence-corrected chi connectivity index (χ2v) is 12.3. The number of aromatic nitrogens is 1. The number of furan rings is 2. The molecule has 11 heteroatoms. The smallest absolute Gasteiger partial charge is 0.167 e. The maximum absolute atomic E-state index is 13.8. The third kappa shape index (κ3) is 5.75. The van der Waals surface area contributed by atoms with Crippen LogP contribution in [0.4, 0.5) is 14.5 Å². The number of carbonyl (C=O) groups is 1. The normalized spacial score (nSPS) is 12.8. The molecule has 1 N–H and O–H groups in total. The second-order valence-electron chi connectivity index (χ2n) is 10.6. The lowest BCUT2D eigenvalue weighted by atomic mass is 9.95. The third-order valence-corrected chi connectivity index (χ3v) is 8.75. The highest BCUT2D eigenvalue weighted by molar-refractivity contribution is 7.96. The first-order valence-corrected chi connectivity index (χ1v) is 16.1. The van der Waals surface area contributed by atoms with Crippen LogP contribution in [0, 0.1) is 5.82 Å². The Morgan fingerprint density at radius 2 is 1.78 bits per heavy atom. The van der Waals surface area contributed by atoms with Gasteiger partial charge in [-0.2, -0.15) is 0 Å². The number of ketones is 1. The molecule has 6 rings (SSSR count). The Hall–Kier alpha value is -5.00. The number of anilines is 1. The van der Waals surface area contributed by atoms with Gasteiger partial charge in [0.1, 0.15) is 34.2 Å². The number of Topliss-reactive ketones (excluding diaryl/α,β-unsaturated/α-hetero) is 1. The molecule has 0 saturated carbocycles. The van der Waals surface area contributed by atoms with E-state index in [9.17, 15) is 22.3 Å². The predicted octanol–water partition coefficient (Wildman–Crippen LogP) is 8.59. The summed E-state index contributed by atoms with van der Waals surface area (Å²) in [5.41, 5.74) is 4.11. The van der Waals surface area contributed by atoms with Crippen molar-refractivity contribution in [1.29, 1.82) is 0 Å². The van der Waals surface area contributed by atoms with Crippen LogP contribution < -0.4 is 9.04 Å². The van der Waals surface area contributed by atoms with E-state index in [0.29, 0.717) is 55.8 Å². The van der Waals surface area contributed by atoms with Crippen molar-refractivity contribution in [2.24, 2.45) is 0 Å². The van der Waals surface area contributed by atoms with E-state index in [1.165, 1.54) is 31.4 Å². The molecule has 3 aromatic heterocycles. The number of fused-ring (bicyclic) bond motifs is 2. The molecule has 0 aliphatic carbocycles. The number of nitrogens with zero attached hydrogens (tertiary/aromatic N) is 2. The van der Waals surface area contributed by atoms with Gasteiger partial charge in [0.25, 0.3) is 0 Å². The van der Waals surface area contributed by atoms with Crippen LogP contribution in [-0.4, -0.2) is 45.7 Å². The van der Waals surface area contributed by atoms with Gasteiger partial charge in [0, 0.05) is 47.8 Å². The summed E-state index contributed by atoms with van der Waals surface area (Å²) >= 11 is 0. The van der Waals surface area contributed by atoms with E-state index in [1.54, 1.807) is 61.7 Å². The van der Waals surface area contributed by atoms with Crippen LogP contribution in [0.2, 0.25) is 0 Å². The van der Waals surface area contributed by atoms with E-state index in [0.717, 1.165) is 4.31 Å². The molecule has 46 heavy (non-hydrogen) atoms. The van der Waals surface area contributed by atoms with Gasteiger partial charge in [0.2, 0.25) is 0 Å². The Bertz CT molecular complexity index is 2160. The Kier molecular flexibility index (Phi) is 8.37.